The molecule has 1 atom stereocenters. The van der Waals surface area contributed by atoms with Gasteiger partial charge >= 0.3 is 0 Å². The maximum absolute atomic E-state index is 13.1. The zero-order chi connectivity index (χ0) is 17.3. The summed E-state index contributed by atoms with van der Waals surface area (Å²) in [5.74, 6) is -4.48. The Morgan fingerprint density at radius 3 is 2.65 bits per heavy atom. The van der Waals surface area contributed by atoms with Crippen LogP contribution in [0.15, 0.2) is 12.3 Å². The maximum atomic E-state index is 13.1. The van der Waals surface area contributed by atoms with Crippen molar-refractivity contribution in [1.29, 1.82) is 0 Å². The number of rotatable bonds is 5. The molecule has 0 bridgehead atoms. The van der Waals surface area contributed by atoms with E-state index in [1.807, 2.05) is 4.72 Å². The van der Waals surface area contributed by atoms with Gasteiger partial charge in [0.05, 0.1) is 11.7 Å². The van der Waals surface area contributed by atoms with E-state index in [2.05, 4.69) is 5.10 Å². The van der Waals surface area contributed by atoms with Gasteiger partial charge in [-0.3, -0.25) is 14.2 Å². The molecule has 1 saturated carbocycles. The van der Waals surface area contributed by atoms with Crippen LogP contribution in [0, 0.1) is 5.92 Å². The van der Waals surface area contributed by atoms with Crippen molar-refractivity contribution in [2.24, 2.45) is 18.7 Å². The third-order valence-electron chi connectivity index (χ3n) is 3.94. The minimum atomic E-state index is -3.93. The predicted molar refractivity (Wildman–Crippen MR) is 78.9 cm³/mol. The number of carbonyl (C=O) groups is 1. The molecule has 1 aliphatic carbocycles. The first kappa shape index (κ1) is 17.8. The zero-order valence-electron chi connectivity index (χ0n) is 12.7. The van der Waals surface area contributed by atoms with Crippen LogP contribution in [0.2, 0.25) is 0 Å². The van der Waals surface area contributed by atoms with E-state index >= 15 is 0 Å². The number of aryl methyl sites for hydroxylation is 1. The smallest absolute Gasteiger partial charge is 0.250 e. The SMILES string of the molecule is Cn1ccc(CS(=O)(=O)NC(=O)C(N)C2CCC(F)(F)CC2)n1. The van der Waals surface area contributed by atoms with Gasteiger partial charge in [0.15, 0.2) is 0 Å². The quantitative estimate of drug-likeness (QED) is 0.805. The summed E-state index contributed by atoms with van der Waals surface area (Å²) in [6.07, 6.45) is 1.11. The molecule has 23 heavy (non-hydrogen) atoms. The molecular weight excluding hydrogens is 330 g/mol. The Kier molecular flexibility index (Phi) is 5.04. The van der Waals surface area contributed by atoms with Gasteiger partial charge in [0, 0.05) is 26.1 Å². The molecule has 130 valence electrons. The number of sulfonamides is 1. The van der Waals surface area contributed by atoms with Crippen LogP contribution in [0.1, 0.15) is 31.4 Å². The summed E-state index contributed by atoms with van der Waals surface area (Å²) in [6.45, 7) is 0. The van der Waals surface area contributed by atoms with Crippen LogP contribution in [0.25, 0.3) is 0 Å². The van der Waals surface area contributed by atoms with E-state index in [1.54, 1.807) is 13.2 Å². The van der Waals surface area contributed by atoms with Gasteiger partial charge in [0.25, 0.3) is 5.91 Å². The molecule has 0 spiro atoms. The Bertz CT molecular complexity index is 665. The standard InChI is InChI=1S/C13H20F2N4O3S/c1-19-7-4-10(17-19)8-23(21,22)18-12(20)11(16)9-2-5-13(14,15)6-3-9/h4,7,9,11H,2-3,5-6,8,16H2,1H3,(H,18,20). The highest BCUT2D eigenvalue weighted by Gasteiger charge is 2.39. The number of nitrogens with two attached hydrogens (primary N) is 1. The van der Waals surface area contributed by atoms with Crippen molar-refractivity contribution in [3.8, 4) is 0 Å². The van der Waals surface area contributed by atoms with Gasteiger partial charge in [0.2, 0.25) is 15.9 Å². The van der Waals surface area contributed by atoms with Crippen LogP contribution in [0.5, 0.6) is 0 Å². The number of carbonyl (C=O) groups excluding carboxylic acids is 1. The van der Waals surface area contributed by atoms with E-state index in [0.717, 1.165) is 0 Å². The molecule has 2 rings (SSSR count). The van der Waals surface area contributed by atoms with E-state index in [4.69, 9.17) is 5.73 Å². The van der Waals surface area contributed by atoms with Gasteiger partial charge in [-0.15, -0.1) is 0 Å². The third-order valence-corrected chi connectivity index (χ3v) is 5.12. The molecule has 1 aromatic rings. The summed E-state index contributed by atoms with van der Waals surface area (Å²) in [7, 11) is -2.29. The molecule has 1 aromatic heterocycles. The first-order valence-electron chi connectivity index (χ1n) is 7.24. The highest BCUT2D eigenvalue weighted by molar-refractivity contribution is 7.89. The molecule has 1 aliphatic rings. The topological polar surface area (TPSA) is 107 Å². The Morgan fingerprint density at radius 1 is 1.52 bits per heavy atom. The van der Waals surface area contributed by atoms with Crippen LogP contribution in [-0.2, 0) is 27.6 Å². The lowest BCUT2D eigenvalue weighted by Crippen LogP contribution is -2.49. The van der Waals surface area contributed by atoms with Crippen molar-refractivity contribution in [3.63, 3.8) is 0 Å². The van der Waals surface area contributed by atoms with E-state index in [9.17, 15) is 22.0 Å². The van der Waals surface area contributed by atoms with Crippen LogP contribution >= 0.6 is 0 Å². The molecule has 0 saturated heterocycles. The van der Waals surface area contributed by atoms with Gasteiger partial charge in [-0.05, 0) is 24.8 Å². The van der Waals surface area contributed by atoms with Crippen molar-refractivity contribution in [2.45, 2.75) is 43.4 Å². The second-order valence-electron chi connectivity index (χ2n) is 5.93. The average molecular weight is 350 g/mol. The van der Waals surface area contributed by atoms with Gasteiger partial charge in [-0.1, -0.05) is 0 Å². The molecule has 3 N–H and O–H groups in total. The van der Waals surface area contributed by atoms with Crippen molar-refractivity contribution in [3.05, 3.63) is 18.0 Å². The Hall–Kier alpha value is -1.55. The highest BCUT2D eigenvalue weighted by atomic mass is 32.2. The van der Waals surface area contributed by atoms with E-state index in [-0.39, 0.29) is 25.7 Å². The normalized spacial score (nSPS) is 20.2. The molecule has 1 amide bonds. The van der Waals surface area contributed by atoms with Gasteiger partial charge in [-0.2, -0.15) is 5.10 Å². The average Bonchev–Trinajstić information content (AvgIpc) is 2.81. The van der Waals surface area contributed by atoms with Crippen LogP contribution in [0.3, 0.4) is 0 Å². The molecule has 0 radical (unpaired) electrons. The first-order chi connectivity index (χ1) is 10.6. The minimum Gasteiger partial charge on any atom is -0.320 e. The van der Waals surface area contributed by atoms with Crippen LogP contribution in [-0.4, -0.2) is 36.1 Å². The summed E-state index contributed by atoms with van der Waals surface area (Å²) in [6, 6.07) is 0.400. The number of nitrogens with zero attached hydrogens (tertiary/aromatic N) is 2. The highest BCUT2D eigenvalue weighted by Crippen LogP contribution is 2.37. The van der Waals surface area contributed by atoms with Crippen molar-refractivity contribution >= 4 is 15.9 Å². The largest absolute Gasteiger partial charge is 0.320 e. The number of amides is 1. The summed E-state index contributed by atoms with van der Waals surface area (Å²) in [5, 5.41) is 3.93. The van der Waals surface area contributed by atoms with Gasteiger partial charge in [-0.25, -0.2) is 17.2 Å². The summed E-state index contributed by atoms with van der Waals surface area (Å²) >= 11 is 0. The summed E-state index contributed by atoms with van der Waals surface area (Å²) in [5.41, 5.74) is 6.03. The Balaban J connectivity index is 1.92. The minimum absolute atomic E-state index is 0.0991. The van der Waals surface area contributed by atoms with Gasteiger partial charge in [0.1, 0.15) is 5.75 Å². The van der Waals surface area contributed by atoms with Crippen LogP contribution in [0.4, 0.5) is 8.78 Å². The van der Waals surface area contributed by atoms with Crippen molar-refractivity contribution < 1.29 is 22.0 Å². The number of halogens is 2. The molecule has 0 aromatic carbocycles. The lowest BCUT2D eigenvalue weighted by molar-refractivity contribution is -0.123. The van der Waals surface area contributed by atoms with E-state index in [1.165, 1.54) is 10.7 Å². The van der Waals surface area contributed by atoms with Crippen molar-refractivity contribution in [1.82, 2.24) is 14.5 Å². The fourth-order valence-electron chi connectivity index (χ4n) is 2.63. The predicted octanol–water partition coefficient (Wildman–Crippen LogP) is 0.519. The number of alkyl halides is 2. The number of hydrogen-bond acceptors (Lipinski definition) is 5. The first-order valence-corrected chi connectivity index (χ1v) is 8.89. The lowest BCUT2D eigenvalue weighted by atomic mass is 9.82. The molecule has 10 heteroatoms. The van der Waals surface area contributed by atoms with Crippen molar-refractivity contribution in [2.75, 3.05) is 0 Å². The molecular formula is C13H20F2N4O3S. The van der Waals surface area contributed by atoms with Gasteiger partial charge < -0.3 is 5.73 Å². The van der Waals surface area contributed by atoms with E-state index < -0.39 is 39.6 Å². The second kappa shape index (κ2) is 6.52. The summed E-state index contributed by atoms with van der Waals surface area (Å²) in [4.78, 5) is 12.0. The Labute approximate surface area is 133 Å². The number of nitrogens with one attached hydrogen (secondary N) is 1. The lowest BCUT2D eigenvalue weighted by Gasteiger charge is -2.31. The number of hydrogen-bond donors (Lipinski definition) is 2. The molecule has 7 nitrogen and oxygen atoms in total. The molecule has 1 fully saturated rings. The zero-order valence-corrected chi connectivity index (χ0v) is 13.5. The maximum Gasteiger partial charge on any atom is 0.250 e. The fraction of sp³-hybridized carbons (Fsp3) is 0.692. The molecule has 0 aliphatic heterocycles. The van der Waals surface area contributed by atoms with Crippen LogP contribution < -0.4 is 10.5 Å². The fourth-order valence-corrected chi connectivity index (χ4v) is 3.69. The third kappa shape index (κ3) is 4.96. The van der Waals surface area contributed by atoms with E-state index in [0.29, 0.717) is 5.69 Å². The molecule has 1 unspecified atom stereocenters. The monoisotopic (exact) mass is 350 g/mol. The summed E-state index contributed by atoms with van der Waals surface area (Å²) < 4.78 is 53.5. The Morgan fingerprint density at radius 2 is 2.13 bits per heavy atom. The number of aromatic nitrogens is 2. The molecule has 1 heterocycles. The second-order valence-corrected chi connectivity index (χ2v) is 7.65.